The van der Waals surface area contributed by atoms with Crippen molar-refractivity contribution < 1.29 is 4.79 Å². The Morgan fingerprint density at radius 2 is 2.12 bits per heavy atom. The summed E-state index contributed by atoms with van der Waals surface area (Å²) >= 11 is 0. The van der Waals surface area contributed by atoms with Gasteiger partial charge in [-0.3, -0.25) is 9.78 Å². The molecular formula is C18H24N4O2. The fourth-order valence-electron chi connectivity index (χ4n) is 2.63. The van der Waals surface area contributed by atoms with Crippen molar-refractivity contribution in [2.45, 2.75) is 46.6 Å². The van der Waals surface area contributed by atoms with Crippen LogP contribution >= 0.6 is 0 Å². The number of hydrogen-bond acceptors (Lipinski definition) is 4. The number of aromatic nitrogens is 3. The van der Waals surface area contributed by atoms with Gasteiger partial charge in [0, 0.05) is 11.9 Å². The van der Waals surface area contributed by atoms with Crippen LogP contribution in [0.4, 0.5) is 0 Å². The van der Waals surface area contributed by atoms with E-state index in [2.05, 4.69) is 34.1 Å². The lowest BCUT2D eigenvalue weighted by molar-refractivity contribution is 0.0929. The summed E-state index contributed by atoms with van der Waals surface area (Å²) in [6, 6.07) is 5.26. The lowest BCUT2D eigenvalue weighted by Crippen LogP contribution is -2.32. The number of aromatic amines is 1. The van der Waals surface area contributed by atoms with E-state index in [1.807, 2.05) is 26.0 Å². The molecule has 0 fully saturated rings. The molecule has 128 valence electrons. The molecule has 0 saturated heterocycles. The Kier molecular flexibility index (Phi) is 5.84. The van der Waals surface area contributed by atoms with Gasteiger partial charge in [0.15, 0.2) is 0 Å². The molecule has 0 aliphatic heterocycles. The molecule has 0 aromatic carbocycles. The first-order valence-corrected chi connectivity index (χ1v) is 8.23. The average Bonchev–Trinajstić information content (AvgIpc) is 2.52. The van der Waals surface area contributed by atoms with Gasteiger partial charge < -0.3 is 10.3 Å². The average molecular weight is 328 g/mol. The maximum atomic E-state index is 12.5. The highest BCUT2D eigenvalue weighted by Gasteiger charge is 2.18. The van der Waals surface area contributed by atoms with Gasteiger partial charge in [0.1, 0.15) is 5.69 Å². The van der Waals surface area contributed by atoms with Crippen LogP contribution in [0.15, 0.2) is 29.2 Å². The summed E-state index contributed by atoms with van der Waals surface area (Å²) in [4.78, 5) is 35.1. The van der Waals surface area contributed by atoms with E-state index >= 15 is 0 Å². The summed E-state index contributed by atoms with van der Waals surface area (Å²) in [6.45, 7) is 8.04. The molecule has 0 radical (unpaired) electrons. The summed E-state index contributed by atoms with van der Waals surface area (Å²) in [5.74, 6) is 0.0153. The van der Waals surface area contributed by atoms with Crippen molar-refractivity contribution in [2.24, 2.45) is 5.92 Å². The summed E-state index contributed by atoms with van der Waals surface area (Å²) in [7, 11) is 0. The van der Waals surface area contributed by atoms with Crippen LogP contribution in [0.1, 0.15) is 60.7 Å². The first-order valence-electron chi connectivity index (χ1n) is 8.23. The van der Waals surface area contributed by atoms with Crippen molar-refractivity contribution in [2.75, 3.05) is 0 Å². The SMILES string of the molecule is CC[C@H](NC(=O)c1cc(CC(C)C)[nH]c(=O)n1)c1ncccc1C. The van der Waals surface area contributed by atoms with Crippen LogP contribution < -0.4 is 11.0 Å². The maximum absolute atomic E-state index is 12.5. The standard InChI is InChI=1S/C18H24N4O2/c1-5-14(16-12(4)7-6-8-19-16)21-17(23)15-10-13(9-11(2)3)20-18(24)22-15/h6-8,10-11,14H,5,9H2,1-4H3,(H,21,23)(H,20,22,24)/t14-/m0/s1. The van der Waals surface area contributed by atoms with Crippen molar-refractivity contribution in [1.82, 2.24) is 20.3 Å². The first-order chi connectivity index (χ1) is 11.4. The number of rotatable bonds is 6. The molecule has 0 aliphatic carbocycles. The molecule has 2 aromatic rings. The molecule has 0 aliphatic rings. The summed E-state index contributed by atoms with van der Waals surface area (Å²) in [5.41, 5.74) is 2.21. The fraction of sp³-hybridized carbons (Fsp3) is 0.444. The molecule has 24 heavy (non-hydrogen) atoms. The number of carbonyl (C=O) groups is 1. The second-order valence-electron chi connectivity index (χ2n) is 6.33. The quantitative estimate of drug-likeness (QED) is 0.853. The Bertz CT molecular complexity index is 768. The lowest BCUT2D eigenvalue weighted by atomic mass is 10.1. The summed E-state index contributed by atoms with van der Waals surface area (Å²) < 4.78 is 0. The van der Waals surface area contributed by atoms with E-state index in [9.17, 15) is 9.59 Å². The molecule has 6 nitrogen and oxygen atoms in total. The van der Waals surface area contributed by atoms with Gasteiger partial charge >= 0.3 is 5.69 Å². The topological polar surface area (TPSA) is 87.7 Å². The van der Waals surface area contributed by atoms with Crippen molar-refractivity contribution in [3.8, 4) is 0 Å². The van der Waals surface area contributed by atoms with Crippen LogP contribution in [0.5, 0.6) is 0 Å². The lowest BCUT2D eigenvalue weighted by Gasteiger charge is -2.18. The number of H-pyrrole nitrogens is 1. The fourth-order valence-corrected chi connectivity index (χ4v) is 2.63. The molecule has 1 amide bonds. The summed E-state index contributed by atoms with van der Waals surface area (Å²) in [6.07, 6.45) is 3.10. The highest BCUT2D eigenvalue weighted by Crippen LogP contribution is 2.18. The molecule has 0 saturated carbocycles. The Balaban J connectivity index is 2.23. The molecule has 2 aromatic heterocycles. The molecule has 2 heterocycles. The third-order valence-electron chi connectivity index (χ3n) is 3.75. The van der Waals surface area contributed by atoms with E-state index in [0.29, 0.717) is 18.8 Å². The minimum Gasteiger partial charge on any atom is -0.342 e. The molecule has 1 atom stereocenters. The second kappa shape index (κ2) is 7.86. The molecule has 6 heteroatoms. The van der Waals surface area contributed by atoms with E-state index in [4.69, 9.17) is 0 Å². The van der Waals surface area contributed by atoms with Crippen LogP contribution in [0.2, 0.25) is 0 Å². The number of amides is 1. The van der Waals surface area contributed by atoms with Gasteiger partial charge in [0.25, 0.3) is 5.91 Å². The van der Waals surface area contributed by atoms with Gasteiger partial charge in [-0.1, -0.05) is 26.8 Å². The normalized spacial score (nSPS) is 12.2. The molecule has 0 spiro atoms. The van der Waals surface area contributed by atoms with Gasteiger partial charge in [-0.25, -0.2) is 4.79 Å². The van der Waals surface area contributed by atoms with E-state index in [0.717, 1.165) is 17.0 Å². The first kappa shape index (κ1) is 17.8. The largest absolute Gasteiger partial charge is 0.345 e. The number of hydrogen-bond donors (Lipinski definition) is 2. The van der Waals surface area contributed by atoms with Gasteiger partial charge in [-0.2, -0.15) is 4.98 Å². The minimum absolute atomic E-state index is 0.140. The second-order valence-corrected chi connectivity index (χ2v) is 6.33. The number of nitrogens with one attached hydrogen (secondary N) is 2. The number of nitrogens with zero attached hydrogens (tertiary/aromatic N) is 2. The number of pyridine rings is 1. The zero-order chi connectivity index (χ0) is 17.7. The van der Waals surface area contributed by atoms with Crippen molar-refractivity contribution in [3.63, 3.8) is 0 Å². The predicted octanol–water partition coefficient (Wildman–Crippen LogP) is 2.55. The molecular weight excluding hydrogens is 304 g/mol. The highest BCUT2D eigenvalue weighted by atomic mass is 16.2. The van der Waals surface area contributed by atoms with Crippen LogP contribution in [-0.2, 0) is 6.42 Å². The van der Waals surface area contributed by atoms with Crippen LogP contribution in [0, 0.1) is 12.8 Å². The van der Waals surface area contributed by atoms with E-state index < -0.39 is 5.69 Å². The summed E-state index contributed by atoms with van der Waals surface area (Å²) in [5, 5.41) is 2.93. The number of aryl methyl sites for hydroxylation is 1. The molecule has 0 unspecified atom stereocenters. The Morgan fingerprint density at radius 1 is 1.38 bits per heavy atom. The highest BCUT2D eigenvalue weighted by molar-refractivity contribution is 5.92. The monoisotopic (exact) mass is 328 g/mol. The molecule has 0 bridgehead atoms. The van der Waals surface area contributed by atoms with Crippen LogP contribution in [0.3, 0.4) is 0 Å². The molecule has 2 N–H and O–H groups in total. The van der Waals surface area contributed by atoms with Gasteiger partial charge in [-0.05, 0) is 43.4 Å². The smallest absolute Gasteiger partial charge is 0.342 e. The van der Waals surface area contributed by atoms with E-state index in [1.54, 1.807) is 12.3 Å². The van der Waals surface area contributed by atoms with Gasteiger partial charge in [0.05, 0.1) is 11.7 Å². The van der Waals surface area contributed by atoms with Gasteiger partial charge in [0.2, 0.25) is 0 Å². The Labute approximate surface area is 141 Å². The third kappa shape index (κ3) is 4.50. The molecule has 2 rings (SSSR count). The Morgan fingerprint density at radius 3 is 2.75 bits per heavy atom. The van der Waals surface area contributed by atoms with Crippen molar-refractivity contribution in [1.29, 1.82) is 0 Å². The zero-order valence-electron chi connectivity index (χ0n) is 14.6. The maximum Gasteiger partial charge on any atom is 0.345 e. The zero-order valence-corrected chi connectivity index (χ0v) is 14.6. The number of carbonyl (C=O) groups excluding carboxylic acids is 1. The van der Waals surface area contributed by atoms with E-state index in [-0.39, 0.29) is 17.6 Å². The van der Waals surface area contributed by atoms with Gasteiger partial charge in [-0.15, -0.1) is 0 Å². The van der Waals surface area contributed by atoms with Crippen molar-refractivity contribution >= 4 is 5.91 Å². The van der Waals surface area contributed by atoms with Crippen LogP contribution in [-0.4, -0.2) is 20.9 Å². The Hall–Kier alpha value is -2.50. The minimum atomic E-state index is -0.500. The van der Waals surface area contributed by atoms with Crippen molar-refractivity contribution in [3.05, 3.63) is 57.5 Å². The van der Waals surface area contributed by atoms with E-state index in [1.165, 1.54) is 0 Å². The predicted molar refractivity (Wildman–Crippen MR) is 92.9 cm³/mol. The third-order valence-corrected chi connectivity index (χ3v) is 3.75. The van der Waals surface area contributed by atoms with Crippen LogP contribution in [0.25, 0.3) is 0 Å².